The summed E-state index contributed by atoms with van der Waals surface area (Å²) in [5, 5.41) is -0.117. The quantitative estimate of drug-likeness (QED) is 0.532. The Morgan fingerprint density at radius 3 is 1.35 bits per heavy atom. The van der Waals surface area contributed by atoms with Gasteiger partial charge in [-0.1, -0.05) is 47.5 Å². The van der Waals surface area contributed by atoms with Crippen LogP contribution in [0.1, 0.15) is 31.8 Å². The molecule has 2 nitrogen and oxygen atoms in total. The highest BCUT2D eigenvalue weighted by atomic mass is 35.5. The first-order valence-electron chi connectivity index (χ1n) is 7.47. The van der Waals surface area contributed by atoms with Crippen molar-refractivity contribution in [1.82, 2.24) is 0 Å². The fourth-order valence-electron chi connectivity index (χ4n) is 2.52. The third kappa shape index (κ3) is 3.52. The molecule has 0 aliphatic carbocycles. The van der Waals surface area contributed by atoms with E-state index in [1.807, 2.05) is 0 Å². The molecule has 3 aromatic carbocycles. The van der Waals surface area contributed by atoms with Gasteiger partial charge in [0, 0.05) is 22.3 Å². The van der Waals surface area contributed by atoms with Crippen LogP contribution in [0.2, 0.25) is 10.0 Å². The summed E-state index contributed by atoms with van der Waals surface area (Å²) in [6.07, 6.45) is 0. The average molecular weight is 391 g/mol. The molecular formula is C20H10Cl2F2O2. The van der Waals surface area contributed by atoms with Gasteiger partial charge in [-0.05, 0) is 36.4 Å². The summed E-state index contributed by atoms with van der Waals surface area (Å²) in [7, 11) is 0. The van der Waals surface area contributed by atoms with Gasteiger partial charge in [0.1, 0.15) is 11.6 Å². The van der Waals surface area contributed by atoms with Crippen molar-refractivity contribution in [2.75, 3.05) is 0 Å². The highest BCUT2D eigenvalue weighted by molar-refractivity contribution is 6.37. The van der Waals surface area contributed by atoms with Gasteiger partial charge in [-0.15, -0.1) is 0 Å². The summed E-state index contributed by atoms with van der Waals surface area (Å²) < 4.78 is 26.4. The lowest BCUT2D eigenvalue weighted by atomic mass is 9.93. The number of benzene rings is 3. The number of halogens is 4. The van der Waals surface area contributed by atoms with Crippen LogP contribution in [0.4, 0.5) is 8.78 Å². The first-order valence-corrected chi connectivity index (χ1v) is 8.22. The van der Waals surface area contributed by atoms with E-state index in [0.717, 1.165) is 24.3 Å². The van der Waals surface area contributed by atoms with Gasteiger partial charge in [0.2, 0.25) is 0 Å². The third-order valence-corrected chi connectivity index (χ3v) is 4.39. The van der Waals surface area contributed by atoms with E-state index >= 15 is 0 Å². The van der Waals surface area contributed by atoms with Crippen LogP contribution in [-0.4, -0.2) is 11.6 Å². The van der Waals surface area contributed by atoms with Gasteiger partial charge in [-0.3, -0.25) is 9.59 Å². The molecule has 0 fully saturated rings. The van der Waals surface area contributed by atoms with Crippen LogP contribution in [0.25, 0.3) is 0 Å². The average Bonchev–Trinajstić information content (AvgIpc) is 2.61. The number of hydrogen-bond acceptors (Lipinski definition) is 2. The largest absolute Gasteiger partial charge is 0.289 e. The molecule has 0 unspecified atom stereocenters. The molecule has 0 radical (unpaired) electrons. The maximum Gasteiger partial charge on any atom is 0.195 e. The zero-order valence-corrected chi connectivity index (χ0v) is 14.6. The Morgan fingerprint density at radius 2 is 1.00 bits per heavy atom. The van der Waals surface area contributed by atoms with E-state index in [-0.39, 0.29) is 32.3 Å². The van der Waals surface area contributed by atoms with E-state index in [4.69, 9.17) is 23.2 Å². The molecule has 3 aromatic rings. The summed E-state index contributed by atoms with van der Waals surface area (Å²) in [6.45, 7) is 0. The fourth-order valence-corrected chi connectivity index (χ4v) is 3.02. The molecule has 0 atom stereocenters. The van der Waals surface area contributed by atoms with Crippen molar-refractivity contribution in [2.45, 2.75) is 0 Å². The summed E-state index contributed by atoms with van der Waals surface area (Å²) in [5.41, 5.74) is 0.315. The van der Waals surface area contributed by atoms with Gasteiger partial charge in [0.05, 0.1) is 10.0 Å². The summed E-state index contributed by atoms with van der Waals surface area (Å²) in [4.78, 5) is 25.6. The van der Waals surface area contributed by atoms with Gasteiger partial charge in [-0.25, -0.2) is 8.78 Å². The molecular weight excluding hydrogens is 381 g/mol. The van der Waals surface area contributed by atoms with E-state index in [2.05, 4.69) is 0 Å². The van der Waals surface area contributed by atoms with Crippen LogP contribution < -0.4 is 0 Å². The van der Waals surface area contributed by atoms with Crippen molar-refractivity contribution in [1.29, 1.82) is 0 Å². The highest BCUT2D eigenvalue weighted by Gasteiger charge is 2.22. The highest BCUT2D eigenvalue weighted by Crippen LogP contribution is 2.26. The Hall–Kier alpha value is -2.56. The molecule has 0 aliphatic heterocycles. The molecule has 0 aliphatic rings. The Morgan fingerprint density at radius 1 is 0.615 bits per heavy atom. The first-order chi connectivity index (χ1) is 12.4. The van der Waals surface area contributed by atoms with Crippen molar-refractivity contribution < 1.29 is 18.4 Å². The first kappa shape index (κ1) is 18.2. The van der Waals surface area contributed by atoms with Gasteiger partial charge in [0.25, 0.3) is 0 Å². The van der Waals surface area contributed by atoms with E-state index in [1.165, 1.54) is 24.3 Å². The lowest BCUT2D eigenvalue weighted by Gasteiger charge is -2.10. The van der Waals surface area contributed by atoms with Crippen LogP contribution in [0.15, 0.2) is 60.7 Å². The second-order valence-corrected chi connectivity index (χ2v) is 6.27. The smallest absolute Gasteiger partial charge is 0.195 e. The normalized spacial score (nSPS) is 10.6. The van der Waals surface area contributed by atoms with Gasteiger partial charge in [0.15, 0.2) is 11.6 Å². The molecule has 130 valence electrons. The van der Waals surface area contributed by atoms with Gasteiger partial charge >= 0.3 is 0 Å². The fraction of sp³-hybridized carbons (Fsp3) is 0. The topological polar surface area (TPSA) is 34.1 Å². The minimum absolute atomic E-state index is 0.0583. The van der Waals surface area contributed by atoms with E-state index in [9.17, 15) is 18.4 Å². The minimum atomic E-state index is -0.575. The SMILES string of the molecule is O=C(c1ccc(F)cc1Cl)c1ccccc1C(=O)c1ccc(F)cc1Cl. The lowest BCUT2D eigenvalue weighted by molar-refractivity contribution is 0.100. The third-order valence-electron chi connectivity index (χ3n) is 3.77. The molecule has 0 aromatic heterocycles. The maximum absolute atomic E-state index is 13.2. The Labute approximate surface area is 158 Å². The molecule has 0 saturated carbocycles. The second-order valence-electron chi connectivity index (χ2n) is 5.45. The van der Waals surface area contributed by atoms with E-state index in [0.29, 0.717) is 0 Å². The second kappa shape index (κ2) is 7.36. The van der Waals surface area contributed by atoms with Gasteiger partial charge < -0.3 is 0 Å². The Bertz CT molecular complexity index is 950. The molecule has 0 N–H and O–H groups in total. The number of rotatable bonds is 4. The zero-order chi connectivity index (χ0) is 18.8. The van der Waals surface area contributed by atoms with Crippen LogP contribution in [0.5, 0.6) is 0 Å². The van der Waals surface area contributed by atoms with Crippen LogP contribution >= 0.6 is 23.2 Å². The van der Waals surface area contributed by atoms with Crippen molar-refractivity contribution in [3.8, 4) is 0 Å². The summed E-state index contributed by atoms with van der Waals surface area (Å²) in [5.74, 6) is -2.21. The Balaban J connectivity index is 2.08. The summed E-state index contributed by atoms with van der Waals surface area (Å²) >= 11 is 11.9. The van der Waals surface area contributed by atoms with Crippen LogP contribution in [0.3, 0.4) is 0 Å². The molecule has 0 heterocycles. The number of carbonyl (C=O) groups is 2. The molecule has 6 heteroatoms. The van der Waals surface area contributed by atoms with E-state index in [1.54, 1.807) is 12.1 Å². The molecule has 0 spiro atoms. The van der Waals surface area contributed by atoms with E-state index < -0.39 is 23.2 Å². The lowest BCUT2D eigenvalue weighted by Crippen LogP contribution is -2.12. The minimum Gasteiger partial charge on any atom is -0.289 e. The van der Waals surface area contributed by atoms with Crippen LogP contribution in [0, 0.1) is 11.6 Å². The standard InChI is InChI=1S/C20H10Cl2F2O2/c21-17-9-11(23)5-7-15(17)19(25)13-3-1-2-4-14(13)20(26)16-8-6-12(24)10-18(16)22/h1-10H. The number of carbonyl (C=O) groups excluding carboxylic acids is 2. The van der Waals surface area contributed by atoms with Crippen molar-refractivity contribution in [3.05, 3.63) is 105 Å². The monoisotopic (exact) mass is 390 g/mol. The van der Waals surface area contributed by atoms with Gasteiger partial charge in [-0.2, -0.15) is 0 Å². The van der Waals surface area contributed by atoms with Crippen molar-refractivity contribution >= 4 is 34.8 Å². The molecule has 0 saturated heterocycles. The maximum atomic E-state index is 13.2. The van der Waals surface area contributed by atoms with Crippen molar-refractivity contribution in [2.24, 2.45) is 0 Å². The Kier molecular flexibility index (Phi) is 5.16. The zero-order valence-electron chi connectivity index (χ0n) is 13.1. The number of hydrogen-bond donors (Lipinski definition) is 0. The predicted molar refractivity (Wildman–Crippen MR) is 96.1 cm³/mol. The molecule has 3 rings (SSSR count). The number of ketones is 2. The van der Waals surface area contributed by atoms with Crippen LogP contribution in [-0.2, 0) is 0 Å². The molecule has 0 amide bonds. The molecule has 0 bridgehead atoms. The molecule has 26 heavy (non-hydrogen) atoms. The predicted octanol–water partition coefficient (Wildman–Crippen LogP) is 5.73. The van der Waals surface area contributed by atoms with Crippen molar-refractivity contribution in [3.63, 3.8) is 0 Å². The summed E-state index contributed by atoms with van der Waals surface area (Å²) in [6, 6.07) is 12.9.